The highest BCUT2D eigenvalue weighted by Gasteiger charge is 2.03. The van der Waals surface area contributed by atoms with Gasteiger partial charge < -0.3 is 10.1 Å². The molecule has 0 unspecified atom stereocenters. The first-order valence-electron chi connectivity index (χ1n) is 6.17. The van der Waals surface area contributed by atoms with Crippen molar-refractivity contribution in [2.45, 2.75) is 20.1 Å². The molecular formula is C14H16ClN3O. The van der Waals surface area contributed by atoms with Crippen LogP contribution in [0.2, 0.25) is 5.02 Å². The number of rotatable bonds is 6. The van der Waals surface area contributed by atoms with Crippen LogP contribution in [-0.2, 0) is 13.2 Å². The lowest BCUT2D eigenvalue weighted by Gasteiger charge is -2.08. The molecule has 0 saturated heterocycles. The van der Waals surface area contributed by atoms with Gasteiger partial charge in [0.2, 0.25) is 5.88 Å². The summed E-state index contributed by atoms with van der Waals surface area (Å²) in [4.78, 5) is 8.48. The third kappa shape index (κ3) is 4.19. The van der Waals surface area contributed by atoms with Crippen molar-refractivity contribution in [2.24, 2.45) is 0 Å². The molecule has 0 saturated carbocycles. The van der Waals surface area contributed by atoms with Gasteiger partial charge >= 0.3 is 0 Å². The quantitative estimate of drug-likeness (QED) is 0.882. The minimum absolute atomic E-state index is 0.388. The van der Waals surface area contributed by atoms with E-state index in [1.54, 1.807) is 12.4 Å². The van der Waals surface area contributed by atoms with Gasteiger partial charge in [0, 0.05) is 23.3 Å². The Hall–Kier alpha value is -1.65. The maximum Gasteiger partial charge on any atom is 0.232 e. The van der Waals surface area contributed by atoms with E-state index in [4.69, 9.17) is 16.3 Å². The molecule has 4 nitrogen and oxygen atoms in total. The summed E-state index contributed by atoms with van der Waals surface area (Å²) in [7, 11) is 0. The Morgan fingerprint density at radius 3 is 2.89 bits per heavy atom. The van der Waals surface area contributed by atoms with Crippen LogP contribution in [0.3, 0.4) is 0 Å². The van der Waals surface area contributed by atoms with Gasteiger partial charge in [0.25, 0.3) is 0 Å². The topological polar surface area (TPSA) is 47.0 Å². The summed E-state index contributed by atoms with van der Waals surface area (Å²) in [6.45, 7) is 4.02. The van der Waals surface area contributed by atoms with Gasteiger partial charge in [-0.3, -0.25) is 4.98 Å². The third-order valence-electron chi connectivity index (χ3n) is 2.55. The van der Waals surface area contributed by atoms with E-state index >= 15 is 0 Å². The van der Waals surface area contributed by atoms with Crippen LogP contribution in [0, 0.1) is 0 Å². The zero-order chi connectivity index (χ0) is 13.5. The summed E-state index contributed by atoms with van der Waals surface area (Å²) in [5.41, 5.74) is 1.79. The fourth-order valence-corrected chi connectivity index (χ4v) is 1.75. The van der Waals surface area contributed by atoms with Crippen LogP contribution < -0.4 is 10.1 Å². The largest absolute Gasteiger partial charge is 0.472 e. The summed E-state index contributed by atoms with van der Waals surface area (Å²) in [5, 5.41) is 3.89. The molecule has 5 heteroatoms. The second-order valence-electron chi connectivity index (χ2n) is 4.01. The first-order chi connectivity index (χ1) is 9.29. The minimum atomic E-state index is 0.388. The molecule has 1 aromatic heterocycles. The molecule has 19 heavy (non-hydrogen) atoms. The van der Waals surface area contributed by atoms with Gasteiger partial charge in [0.1, 0.15) is 6.61 Å². The second-order valence-corrected chi connectivity index (χ2v) is 4.42. The van der Waals surface area contributed by atoms with Gasteiger partial charge in [-0.25, -0.2) is 4.98 Å². The van der Waals surface area contributed by atoms with Gasteiger partial charge in [0.05, 0.1) is 11.9 Å². The SMILES string of the molecule is CCNCc1cncc(OCc2ccccc2Cl)n1. The molecule has 2 rings (SSSR count). The third-order valence-corrected chi connectivity index (χ3v) is 2.92. The van der Waals surface area contributed by atoms with E-state index in [0.29, 0.717) is 24.1 Å². The van der Waals surface area contributed by atoms with Gasteiger partial charge in [-0.1, -0.05) is 36.7 Å². The van der Waals surface area contributed by atoms with Crippen LogP contribution in [-0.4, -0.2) is 16.5 Å². The van der Waals surface area contributed by atoms with Crippen molar-refractivity contribution in [2.75, 3.05) is 6.54 Å². The number of nitrogens with zero attached hydrogens (tertiary/aromatic N) is 2. The van der Waals surface area contributed by atoms with E-state index in [2.05, 4.69) is 15.3 Å². The lowest BCUT2D eigenvalue weighted by Crippen LogP contribution is -2.13. The average molecular weight is 278 g/mol. The van der Waals surface area contributed by atoms with Gasteiger partial charge in [-0.15, -0.1) is 0 Å². The monoisotopic (exact) mass is 277 g/mol. The molecule has 0 aliphatic carbocycles. The van der Waals surface area contributed by atoms with Crippen LogP contribution in [0.25, 0.3) is 0 Å². The molecule has 0 bridgehead atoms. The van der Waals surface area contributed by atoms with E-state index < -0.39 is 0 Å². The number of hydrogen-bond donors (Lipinski definition) is 1. The highest BCUT2D eigenvalue weighted by Crippen LogP contribution is 2.17. The Kier molecular flexibility index (Phi) is 5.12. The summed E-state index contributed by atoms with van der Waals surface area (Å²) >= 11 is 6.06. The van der Waals surface area contributed by atoms with Crippen LogP contribution in [0.5, 0.6) is 5.88 Å². The maximum atomic E-state index is 6.06. The Morgan fingerprint density at radius 1 is 1.26 bits per heavy atom. The first kappa shape index (κ1) is 13.8. The van der Waals surface area contributed by atoms with Crippen molar-refractivity contribution in [1.82, 2.24) is 15.3 Å². The summed E-state index contributed by atoms with van der Waals surface area (Å²) in [6.07, 6.45) is 3.33. The molecule has 0 aliphatic heterocycles. The van der Waals surface area contributed by atoms with Gasteiger partial charge in [-0.2, -0.15) is 0 Å². The minimum Gasteiger partial charge on any atom is -0.472 e. The number of hydrogen-bond acceptors (Lipinski definition) is 4. The average Bonchev–Trinajstić information content (AvgIpc) is 2.45. The van der Waals surface area contributed by atoms with Crippen molar-refractivity contribution in [3.63, 3.8) is 0 Å². The van der Waals surface area contributed by atoms with E-state index in [-0.39, 0.29) is 0 Å². The van der Waals surface area contributed by atoms with E-state index in [0.717, 1.165) is 17.8 Å². The highest BCUT2D eigenvalue weighted by molar-refractivity contribution is 6.31. The fraction of sp³-hybridized carbons (Fsp3) is 0.286. The summed E-state index contributed by atoms with van der Waals surface area (Å²) in [6, 6.07) is 7.59. The fourth-order valence-electron chi connectivity index (χ4n) is 1.56. The molecule has 2 aromatic rings. The smallest absolute Gasteiger partial charge is 0.232 e. The summed E-state index contributed by atoms with van der Waals surface area (Å²) in [5.74, 6) is 0.510. The number of benzene rings is 1. The standard InChI is InChI=1S/C14H16ClN3O/c1-2-16-7-12-8-17-9-14(18-12)19-10-11-5-3-4-6-13(11)15/h3-6,8-9,16H,2,7,10H2,1H3. The van der Waals surface area contributed by atoms with Crippen molar-refractivity contribution < 1.29 is 4.74 Å². The molecule has 0 atom stereocenters. The highest BCUT2D eigenvalue weighted by atomic mass is 35.5. The molecule has 1 heterocycles. The Bertz CT molecular complexity index is 534. The first-order valence-corrected chi connectivity index (χ1v) is 6.55. The molecular weight excluding hydrogens is 262 g/mol. The molecule has 0 radical (unpaired) electrons. The predicted octanol–water partition coefficient (Wildman–Crippen LogP) is 2.82. The van der Waals surface area contributed by atoms with E-state index in [9.17, 15) is 0 Å². The maximum absolute atomic E-state index is 6.06. The zero-order valence-corrected chi connectivity index (χ0v) is 11.5. The Labute approximate surface area is 117 Å². The Balaban J connectivity index is 1.98. The van der Waals surface area contributed by atoms with Gasteiger partial charge in [-0.05, 0) is 12.6 Å². The zero-order valence-electron chi connectivity index (χ0n) is 10.8. The van der Waals surface area contributed by atoms with Crippen LogP contribution in [0.15, 0.2) is 36.7 Å². The van der Waals surface area contributed by atoms with Crippen LogP contribution in [0.1, 0.15) is 18.2 Å². The lowest BCUT2D eigenvalue weighted by molar-refractivity contribution is 0.291. The van der Waals surface area contributed by atoms with Crippen molar-refractivity contribution >= 4 is 11.6 Å². The molecule has 1 N–H and O–H groups in total. The molecule has 0 fully saturated rings. The molecule has 1 aromatic carbocycles. The molecule has 100 valence electrons. The second kappa shape index (κ2) is 7.07. The lowest BCUT2D eigenvalue weighted by atomic mass is 10.2. The van der Waals surface area contributed by atoms with Crippen LogP contribution in [0.4, 0.5) is 0 Å². The number of nitrogens with one attached hydrogen (secondary N) is 1. The summed E-state index contributed by atoms with van der Waals surface area (Å²) < 4.78 is 5.61. The van der Waals surface area contributed by atoms with Crippen molar-refractivity contribution in [1.29, 1.82) is 0 Å². The van der Waals surface area contributed by atoms with E-state index in [1.807, 2.05) is 31.2 Å². The van der Waals surface area contributed by atoms with Crippen LogP contribution >= 0.6 is 11.6 Å². The molecule has 0 amide bonds. The van der Waals surface area contributed by atoms with Gasteiger partial charge in [0.15, 0.2) is 0 Å². The number of aromatic nitrogens is 2. The Morgan fingerprint density at radius 2 is 2.11 bits per heavy atom. The number of halogens is 1. The predicted molar refractivity (Wildman–Crippen MR) is 75.2 cm³/mol. The van der Waals surface area contributed by atoms with E-state index in [1.165, 1.54) is 0 Å². The number of ether oxygens (including phenoxy) is 1. The van der Waals surface area contributed by atoms with Crippen molar-refractivity contribution in [3.05, 3.63) is 52.9 Å². The molecule has 0 aliphatic rings. The molecule has 0 spiro atoms. The normalized spacial score (nSPS) is 10.4. The van der Waals surface area contributed by atoms with Crippen molar-refractivity contribution in [3.8, 4) is 5.88 Å².